The highest BCUT2D eigenvalue weighted by atomic mass is 16.1. The fourth-order valence-corrected chi connectivity index (χ4v) is 1.00. The van der Waals surface area contributed by atoms with Crippen LogP contribution in [0.1, 0.15) is 6.92 Å². The first-order chi connectivity index (χ1) is 5.54. The van der Waals surface area contributed by atoms with Gasteiger partial charge in [0.05, 0.1) is 6.54 Å². The normalized spacial score (nSPS) is 23.8. The number of hydrogen-bond donors (Lipinski definition) is 2. The Hall–Kier alpha value is -1.39. The van der Waals surface area contributed by atoms with Gasteiger partial charge in [0.15, 0.2) is 11.5 Å². The molecule has 1 rings (SSSR count). The second kappa shape index (κ2) is 2.92. The van der Waals surface area contributed by atoms with Crippen LogP contribution in [0.25, 0.3) is 0 Å². The minimum atomic E-state index is -0.626. The van der Waals surface area contributed by atoms with Gasteiger partial charge in [0.2, 0.25) is 0 Å². The lowest BCUT2D eigenvalue weighted by Crippen LogP contribution is -2.48. The number of nitrogens with two attached hydrogens (primary N) is 1. The number of carbonyl (C=O) groups excluding carboxylic acids is 1. The molecule has 12 heavy (non-hydrogen) atoms. The fourth-order valence-electron chi connectivity index (χ4n) is 1.00. The molecule has 0 fully saturated rings. The van der Waals surface area contributed by atoms with Crippen molar-refractivity contribution in [3.05, 3.63) is 0 Å². The minimum absolute atomic E-state index is 0.0793. The van der Waals surface area contributed by atoms with E-state index in [1.165, 1.54) is 0 Å². The molecule has 66 valence electrons. The number of aliphatic imine (C=N–C) groups is 1. The summed E-state index contributed by atoms with van der Waals surface area (Å²) in [5.41, 5.74) is 5.11. The predicted molar refractivity (Wildman–Crippen MR) is 46.4 cm³/mol. The van der Waals surface area contributed by atoms with Crippen molar-refractivity contribution in [1.29, 1.82) is 5.41 Å². The van der Waals surface area contributed by atoms with Gasteiger partial charge in [-0.15, -0.1) is 0 Å². The van der Waals surface area contributed by atoms with Crippen molar-refractivity contribution in [3.63, 3.8) is 0 Å². The molecule has 0 spiro atoms. The lowest BCUT2D eigenvalue weighted by atomic mass is 10.2. The largest absolute Gasteiger partial charge is 0.364 e. The van der Waals surface area contributed by atoms with Gasteiger partial charge in [-0.3, -0.25) is 15.2 Å². The van der Waals surface area contributed by atoms with Crippen LogP contribution >= 0.6 is 0 Å². The zero-order valence-corrected chi connectivity index (χ0v) is 7.16. The van der Waals surface area contributed by atoms with Gasteiger partial charge in [-0.2, -0.15) is 0 Å². The van der Waals surface area contributed by atoms with Crippen LogP contribution in [0, 0.1) is 5.41 Å². The molecule has 0 aromatic rings. The van der Waals surface area contributed by atoms with E-state index in [0.29, 0.717) is 6.54 Å². The predicted octanol–water partition coefficient (Wildman–Crippen LogP) is -0.776. The van der Waals surface area contributed by atoms with Crippen molar-refractivity contribution in [2.45, 2.75) is 13.0 Å². The van der Waals surface area contributed by atoms with E-state index in [1.807, 2.05) is 6.92 Å². The van der Waals surface area contributed by atoms with Gasteiger partial charge in [0.1, 0.15) is 0 Å². The van der Waals surface area contributed by atoms with Crippen LogP contribution in [0.5, 0.6) is 0 Å². The number of rotatable bonds is 1. The molecule has 1 atom stereocenters. The topological polar surface area (TPSA) is 82.5 Å². The van der Waals surface area contributed by atoms with Crippen molar-refractivity contribution >= 4 is 17.5 Å². The molecule has 1 unspecified atom stereocenters. The van der Waals surface area contributed by atoms with E-state index in [2.05, 4.69) is 4.99 Å². The van der Waals surface area contributed by atoms with Gasteiger partial charge >= 0.3 is 0 Å². The molecule has 0 bridgehead atoms. The van der Waals surface area contributed by atoms with E-state index >= 15 is 0 Å². The Labute approximate surface area is 70.8 Å². The minimum Gasteiger partial charge on any atom is -0.364 e. The van der Waals surface area contributed by atoms with Gasteiger partial charge < -0.3 is 10.6 Å². The maximum atomic E-state index is 10.7. The van der Waals surface area contributed by atoms with Crippen LogP contribution in [0.15, 0.2) is 4.99 Å². The summed E-state index contributed by atoms with van der Waals surface area (Å²) in [6.07, 6.45) is 0. The molecule has 5 nitrogen and oxygen atoms in total. The number of primary amides is 1. The molecule has 0 aromatic carbocycles. The molecule has 1 aliphatic heterocycles. The quantitative estimate of drug-likeness (QED) is 0.538. The van der Waals surface area contributed by atoms with Gasteiger partial charge in [-0.1, -0.05) is 0 Å². The van der Waals surface area contributed by atoms with Gasteiger partial charge in [-0.05, 0) is 6.92 Å². The summed E-state index contributed by atoms with van der Waals surface area (Å²) in [4.78, 5) is 16.3. The molecule has 1 heterocycles. The molecule has 0 aliphatic carbocycles. The summed E-state index contributed by atoms with van der Waals surface area (Å²) in [7, 11) is 1.75. The van der Waals surface area contributed by atoms with Gasteiger partial charge in [-0.25, -0.2) is 0 Å². The smallest absolute Gasteiger partial charge is 0.270 e. The third kappa shape index (κ3) is 1.30. The SMILES string of the molecule is CC1CN=C(C(N)=O)C(=N)N1C. The summed E-state index contributed by atoms with van der Waals surface area (Å²) in [5.74, 6) is -0.514. The lowest BCUT2D eigenvalue weighted by molar-refractivity contribution is -0.111. The Morgan fingerprint density at radius 2 is 2.42 bits per heavy atom. The number of likely N-dealkylation sites (N-methyl/N-ethyl adjacent to an activating group) is 1. The number of amidine groups is 1. The standard InChI is InChI=1S/C7H12N4O/c1-4-3-10-5(7(9)12)6(8)11(4)2/h4,8H,3H2,1-2H3,(H2,9,12). The van der Waals surface area contributed by atoms with Crippen LogP contribution < -0.4 is 5.73 Å². The van der Waals surface area contributed by atoms with E-state index in [0.717, 1.165) is 0 Å². The second-order valence-electron chi connectivity index (χ2n) is 2.86. The Morgan fingerprint density at radius 3 is 2.92 bits per heavy atom. The van der Waals surface area contributed by atoms with Crippen molar-refractivity contribution in [3.8, 4) is 0 Å². The first-order valence-corrected chi connectivity index (χ1v) is 3.70. The maximum absolute atomic E-state index is 10.7. The number of nitrogens with zero attached hydrogens (tertiary/aromatic N) is 2. The van der Waals surface area contributed by atoms with E-state index in [9.17, 15) is 4.79 Å². The average molecular weight is 168 g/mol. The second-order valence-corrected chi connectivity index (χ2v) is 2.86. The number of hydrogen-bond acceptors (Lipinski definition) is 3. The summed E-state index contributed by atoms with van der Waals surface area (Å²) < 4.78 is 0. The number of nitrogens with one attached hydrogen (secondary N) is 1. The van der Waals surface area contributed by atoms with E-state index in [-0.39, 0.29) is 17.6 Å². The Bertz CT molecular complexity index is 258. The molecule has 0 radical (unpaired) electrons. The third-order valence-electron chi connectivity index (χ3n) is 1.99. The van der Waals surface area contributed by atoms with Gasteiger partial charge in [0, 0.05) is 13.1 Å². The van der Waals surface area contributed by atoms with E-state index in [1.54, 1.807) is 11.9 Å². The fraction of sp³-hybridized carbons (Fsp3) is 0.571. The summed E-state index contributed by atoms with van der Waals surface area (Å²) in [5, 5.41) is 7.51. The Morgan fingerprint density at radius 1 is 1.83 bits per heavy atom. The lowest BCUT2D eigenvalue weighted by Gasteiger charge is -2.29. The van der Waals surface area contributed by atoms with Crippen LogP contribution in [-0.4, -0.2) is 42.0 Å². The summed E-state index contributed by atoms with van der Waals surface area (Å²) >= 11 is 0. The highest BCUT2D eigenvalue weighted by Gasteiger charge is 2.25. The molecule has 1 aliphatic rings. The summed E-state index contributed by atoms with van der Waals surface area (Å²) in [6.45, 7) is 2.47. The van der Waals surface area contributed by atoms with Crippen LogP contribution in [0.2, 0.25) is 0 Å². The first-order valence-electron chi connectivity index (χ1n) is 3.70. The van der Waals surface area contributed by atoms with Crippen molar-refractivity contribution < 1.29 is 4.79 Å². The molecular weight excluding hydrogens is 156 g/mol. The van der Waals surface area contributed by atoms with E-state index in [4.69, 9.17) is 11.1 Å². The molecule has 5 heteroatoms. The average Bonchev–Trinajstić information content (AvgIpc) is 2.00. The van der Waals surface area contributed by atoms with Crippen LogP contribution in [0.3, 0.4) is 0 Å². The Kier molecular flexibility index (Phi) is 2.12. The van der Waals surface area contributed by atoms with E-state index < -0.39 is 5.91 Å². The molecule has 0 saturated carbocycles. The van der Waals surface area contributed by atoms with Gasteiger partial charge in [0.25, 0.3) is 5.91 Å². The van der Waals surface area contributed by atoms with Crippen LogP contribution in [0.4, 0.5) is 0 Å². The highest BCUT2D eigenvalue weighted by Crippen LogP contribution is 2.04. The summed E-state index contributed by atoms with van der Waals surface area (Å²) in [6, 6.07) is 0.167. The maximum Gasteiger partial charge on any atom is 0.270 e. The Balaban J connectivity index is 2.92. The van der Waals surface area contributed by atoms with Crippen LogP contribution in [-0.2, 0) is 4.79 Å². The number of carbonyl (C=O) groups is 1. The van der Waals surface area contributed by atoms with Crippen molar-refractivity contribution in [2.75, 3.05) is 13.6 Å². The molecule has 1 amide bonds. The molecule has 0 aromatic heterocycles. The molecular formula is C7H12N4O. The molecule has 3 N–H and O–H groups in total. The number of amides is 1. The monoisotopic (exact) mass is 168 g/mol. The first kappa shape index (κ1) is 8.70. The zero-order chi connectivity index (χ0) is 9.30. The van der Waals surface area contributed by atoms with Crippen molar-refractivity contribution in [1.82, 2.24) is 4.90 Å². The van der Waals surface area contributed by atoms with Crippen molar-refractivity contribution in [2.24, 2.45) is 10.7 Å². The molecule has 0 saturated heterocycles. The zero-order valence-electron chi connectivity index (χ0n) is 7.16. The highest BCUT2D eigenvalue weighted by molar-refractivity contribution is 6.65. The third-order valence-corrected chi connectivity index (χ3v) is 1.99.